The zero-order valence-corrected chi connectivity index (χ0v) is 16.8. The molecule has 2 saturated carbocycles. The van der Waals surface area contributed by atoms with Crippen LogP contribution < -0.4 is 5.32 Å². The first-order valence-corrected chi connectivity index (χ1v) is 10.2. The zero-order valence-electron chi connectivity index (χ0n) is 13.6. The van der Waals surface area contributed by atoms with Crippen LogP contribution >= 0.6 is 31.9 Å². The van der Waals surface area contributed by atoms with E-state index in [1.165, 1.54) is 0 Å². The van der Waals surface area contributed by atoms with E-state index in [1.807, 2.05) is 25.1 Å². The minimum absolute atomic E-state index is 0.167. The number of amides is 3. The Hall–Kier alpha value is -1.21. The Morgan fingerprint density at radius 2 is 1.68 bits per heavy atom. The van der Waals surface area contributed by atoms with E-state index in [0.29, 0.717) is 5.69 Å². The van der Waals surface area contributed by atoms with Crippen molar-refractivity contribution in [2.75, 3.05) is 11.9 Å². The van der Waals surface area contributed by atoms with E-state index >= 15 is 0 Å². The van der Waals surface area contributed by atoms with Crippen LogP contribution in [0.15, 0.2) is 24.3 Å². The van der Waals surface area contributed by atoms with Gasteiger partial charge >= 0.3 is 0 Å². The Bertz CT molecular complexity index is 736. The molecule has 1 N–H and O–H groups in total. The number of hydrogen-bond acceptors (Lipinski definition) is 3. The van der Waals surface area contributed by atoms with Crippen molar-refractivity contribution >= 4 is 55.3 Å². The molecule has 6 atom stereocenters. The van der Waals surface area contributed by atoms with Gasteiger partial charge in [-0.3, -0.25) is 19.3 Å². The molecule has 2 aliphatic carbocycles. The molecule has 0 unspecified atom stereocenters. The summed E-state index contributed by atoms with van der Waals surface area (Å²) in [5.41, 5.74) is 1.64. The Labute approximate surface area is 162 Å². The number of anilines is 1. The number of alkyl halides is 2. The van der Waals surface area contributed by atoms with Crippen molar-refractivity contribution in [1.29, 1.82) is 0 Å². The number of para-hydroxylation sites is 1. The smallest absolute Gasteiger partial charge is 0.244 e. The van der Waals surface area contributed by atoms with Crippen molar-refractivity contribution in [3.8, 4) is 0 Å². The second kappa shape index (κ2) is 6.20. The van der Waals surface area contributed by atoms with E-state index < -0.39 is 0 Å². The van der Waals surface area contributed by atoms with Gasteiger partial charge in [0.15, 0.2) is 0 Å². The molecule has 132 valence electrons. The number of benzene rings is 1. The second-order valence-corrected chi connectivity index (χ2v) is 9.24. The highest BCUT2D eigenvalue weighted by Crippen LogP contribution is 2.60. The third kappa shape index (κ3) is 2.58. The third-order valence-corrected chi connectivity index (χ3v) is 9.01. The number of carbonyl (C=O) groups excluding carboxylic acids is 3. The molecule has 7 heteroatoms. The summed E-state index contributed by atoms with van der Waals surface area (Å²) < 4.78 is 0. The first-order chi connectivity index (χ1) is 11.9. The summed E-state index contributed by atoms with van der Waals surface area (Å²) in [5.74, 6) is -0.934. The molecule has 1 saturated heterocycles. The molecular weight excluding hydrogens is 452 g/mol. The van der Waals surface area contributed by atoms with Gasteiger partial charge in [-0.25, -0.2) is 0 Å². The lowest BCUT2D eigenvalue weighted by Gasteiger charge is -2.28. The SMILES string of the molecule is Cc1ccccc1NC(=O)CN1C(=O)[C@@H]2[C@H]3C[C@H]([C@H](Br)[C@@H]3Br)[C@@H]2C1=O. The molecule has 1 heterocycles. The fourth-order valence-electron chi connectivity index (χ4n) is 4.61. The highest BCUT2D eigenvalue weighted by atomic mass is 79.9. The standard InChI is InChI=1S/C18H18Br2N2O3/c1-8-4-2-3-5-11(8)21-12(23)7-22-17(24)13-9-6-10(14(13)18(22)25)16(20)15(9)19/h2-5,9-10,13-16H,6-7H2,1H3,(H,21,23)/t9-,10+,13-,14+,15-,16+. The van der Waals surface area contributed by atoms with Crippen LogP contribution in [0, 0.1) is 30.6 Å². The van der Waals surface area contributed by atoms with Gasteiger partial charge in [-0.15, -0.1) is 0 Å². The Balaban J connectivity index is 1.49. The normalized spacial score (nSPS) is 36.0. The van der Waals surface area contributed by atoms with E-state index in [2.05, 4.69) is 37.2 Å². The first-order valence-electron chi connectivity index (χ1n) is 8.39. The molecule has 1 aromatic carbocycles. The van der Waals surface area contributed by atoms with Crippen LogP contribution in [-0.2, 0) is 14.4 Å². The van der Waals surface area contributed by atoms with Gasteiger partial charge in [0.1, 0.15) is 6.54 Å². The summed E-state index contributed by atoms with van der Waals surface area (Å²) in [7, 11) is 0. The Morgan fingerprint density at radius 1 is 1.12 bits per heavy atom. The summed E-state index contributed by atoms with van der Waals surface area (Å²) in [6, 6.07) is 7.43. The number of aryl methyl sites for hydroxylation is 1. The fourth-order valence-corrected chi connectivity index (χ4v) is 6.49. The summed E-state index contributed by atoms with van der Waals surface area (Å²) in [5, 5.41) is 2.80. The average molecular weight is 470 g/mol. The lowest BCUT2D eigenvalue weighted by Crippen LogP contribution is -2.39. The van der Waals surface area contributed by atoms with Gasteiger partial charge in [-0.05, 0) is 36.8 Å². The molecule has 2 bridgehead atoms. The molecule has 3 aliphatic rings. The van der Waals surface area contributed by atoms with Crippen molar-refractivity contribution in [2.45, 2.75) is 23.0 Å². The predicted octanol–water partition coefficient (Wildman–Crippen LogP) is 2.71. The molecule has 25 heavy (non-hydrogen) atoms. The van der Waals surface area contributed by atoms with Gasteiger partial charge in [-0.1, -0.05) is 50.1 Å². The summed E-state index contributed by atoms with van der Waals surface area (Å²) in [4.78, 5) is 39.5. The molecular formula is C18H18Br2N2O3. The number of hydrogen-bond donors (Lipinski definition) is 1. The quantitative estimate of drug-likeness (QED) is 0.546. The van der Waals surface area contributed by atoms with Crippen LogP contribution in [-0.4, -0.2) is 38.8 Å². The molecule has 3 fully saturated rings. The number of rotatable bonds is 3. The van der Waals surface area contributed by atoms with E-state index in [0.717, 1.165) is 16.9 Å². The first kappa shape index (κ1) is 17.2. The minimum atomic E-state index is -0.339. The number of fused-ring (bicyclic) bond motifs is 5. The maximum atomic E-state index is 12.8. The van der Waals surface area contributed by atoms with Gasteiger partial charge in [0.05, 0.1) is 11.8 Å². The van der Waals surface area contributed by atoms with Crippen molar-refractivity contribution in [1.82, 2.24) is 4.90 Å². The lowest BCUT2D eigenvalue weighted by molar-refractivity contribution is -0.143. The summed E-state index contributed by atoms with van der Waals surface area (Å²) in [6.07, 6.45) is 0.891. The summed E-state index contributed by atoms with van der Waals surface area (Å²) >= 11 is 7.32. The number of likely N-dealkylation sites (tertiary alicyclic amines) is 1. The van der Waals surface area contributed by atoms with Gasteiger partial charge in [0.25, 0.3) is 0 Å². The predicted molar refractivity (Wildman–Crippen MR) is 101 cm³/mol. The van der Waals surface area contributed by atoms with Crippen LogP contribution in [0.4, 0.5) is 5.69 Å². The van der Waals surface area contributed by atoms with Gasteiger partial charge in [0.2, 0.25) is 17.7 Å². The maximum Gasteiger partial charge on any atom is 0.244 e. The third-order valence-electron chi connectivity index (χ3n) is 5.80. The monoisotopic (exact) mass is 468 g/mol. The summed E-state index contributed by atoms with van der Waals surface area (Å²) in [6.45, 7) is 1.69. The molecule has 0 aromatic heterocycles. The molecule has 0 spiro atoms. The number of carbonyl (C=O) groups is 3. The van der Waals surface area contributed by atoms with E-state index in [9.17, 15) is 14.4 Å². The van der Waals surface area contributed by atoms with Crippen molar-refractivity contribution in [3.05, 3.63) is 29.8 Å². The highest BCUT2D eigenvalue weighted by Gasteiger charge is 2.66. The van der Waals surface area contributed by atoms with Crippen LogP contribution in [0.5, 0.6) is 0 Å². The minimum Gasteiger partial charge on any atom is -0.324 e. The van der Waals surface area contributed by atoms with Crippen molar-refractivity contribution in [2.24, 2.45) is 23.7 Å². The van der Waals surface area contributed by atoms with Gasteiger partial charge in [0, 0.05) is 15.3 Å². The number of halogens is 2. The molecule has 1 aliphatic heterocycles. The Kier molecular flexibility index (Phi) is 4.27. The Morgan fingerprint density at radius 3 is 2.24 bits per heavy atom. The number of imide groups is 1. The lowest BCUT2D eigenvalue weighted by atomic mass is 9.81. The van der Waals surface area contributed by atoms with Crippen LogP contribution in [0.3, 0.4) is 0 Å². The van der Waals surface area contributed by atoms with Crippen molar-refractivity contribution < 1.29 is 14.4 Å². The number of nitrogens with zero attached hydrogens (tertiary/aromatic N) is 1. The molecule has 4 rings (SSSR count). The largest absolute Gasteiger partial charge is 0.324 e. The average Bonchev–Trinajstić information content (AvgIpc) is 3.17. The molecule has 3 amide bonds. The van der Waals surface area contributed by atoms with Crippen LogP contribution in [0.1, 0.15) is 12.0 Å². The topological polar surface area (TPSA) is 66.5 Å². The molecule has 5 nitrogen and oxygen atoms in total. The van der Waals surface area contributed by atoms with Crippen LogP contribution in [0.25, 0.3) is 0 Å². The van der Waals surface area contributed by atoms with Crippen LogP contribution in [0.2, 0.25) is 0 Å². The van der Waals surface area contributed by atoms with E-state index in [1.54, 1.807) is 6.07 Å². The van der Waals surface area contributed by atoms with Gasteiger partial charge in [-0.2, -0.15) is 0 Å². The maximum absolute atomic E-state index is 12.8. The zero-order chi connectivity index (χ0) is 17.9. The van der Waals surface area contributed by atoms with Gasteiger partial charge < -0.3 is 5.32 Å². The molecule has 1 aromatic rings. The molecule has 0 radical (unpaired) electrons. The fraction of sp³-hybridized carbons (Fsp3) is 0.500. The van der Waals surface area contributed by atoms with E-state index in [4.69, 9.17) is 0 Å². The van der Waals surface area contributed by atoms with E-state index in [-0.39, 0.29) is 57.6 Å². The second-order valence-electron chi connectivity index (χ2n) is 7.13. The number of nitrogens with one attached hydrogen (secondary N) is 1. The highest BCUT2D eigenvalue weighted by molar-refractivity contribution is 9.12. The van der Waals surface area contributed by atoms with Crippen molar-refractivity contribution in [3.63, 3.8) is 0 Å².